The number of rotatable bonds is 8. The quantitative estimate of drug-likeness (QED) is 0.303. The molecule has 7 nitrogen and oxygen atoms in total. The summed E-state index contributed by atoms with van der Waals surface area (Å²) in [5, 5.41) is 6.58. The Morgan fingerprint density at radius 2 is 2.03 bits per heavy atom. The minimum Gasteiger partial charge on any atom is -0.493 e. The molecule has 1 aliphatic carbocycles. The van der Waals surface area contributed by atoms with E-state index in [1.807, 2.05) is 0 Å². The van der Waals surface area contributed by atoms with Gasteiger partial charge in [0.15, 0.2) is 5.96 Å². The molecule has 0 radical (unpaired) electrons. The SMILES string of the molecule is CN=C(NCc1ccc(C)cc1OCC1CC1)NC[C@H]1CCCN1S(C)(=O)=O.I. The summed E-state index contributed by atoms with van der Waals surface area (Å²) in [6.07, 6.45) is 5.58. The highest BCUT2D eigenvalue weighted by Gasteiger charge is 2.31. The molecule has 0 amide bonds. The van der Waals surface area contributed by atoms with Gasteiger partial charge >= 0.3 is 0 Å². The van der Waals surface area contributed by atoms with Gasteiger partial charge in [0.1, 0.15) is 5.75 Å². The Balaban J connectivity index is 0.00000300. The van der Waals surface area contributed by atoms with E-state index in [1.54, 1.807) is 11.4 Å². The fraction of sp³-hybridized carbons (Fsp3) is 0.650. The number of nitrogens with one attached hydrogen (secondary N) is 2. The number of aryl methyl sites for hydroxylation is 1. The molecule has 1 aliphatic heterocycles. The highest BCUT2D eigenvalue weighted by atomic mass is 127. The number of hydrogen-bond acceptors (Lipinski definition) is 4. The highest BCUT2D eigenvalue weighted by Crippen LogP contribution is 2.30. The zero-order chi connectivity index (χ0) is 20.1. The van der Waals surface area contributed by atoms with E-state index in [1.165, 1.54) is 24.7 Å². The smallest absolute Gasteiger partial charge is 0.211 e. The van der Waals surface area contributed by atoms with Crippen molar-refractivity contribution in [1.82, 2.24) is 14.9 Å². The van der Waals surface area contributed by atoms with Crippen LogP contribution in [0.5, 0.6) is 5.75 Å². The Kier molecular flexibility index (Phi) is 9.02. The van der Waals surface area contributed by atoms with Crippen LogP contribution < -0.4 is 15.4 Å². The summed E-state index contributed by atoms with van der Waals surface area (Å²) in [5.74, 6) is 2.29. The number of hydrogen-bond donors (Lipinski definition) is 2. The second-order valence-corrected chi connectivity index (χ2v) is 9.78. The molecule has 0 spiro atoms. The molecule has 1 saturated heterocycles. The zero-order valence-corrected chi connectivity index (χ0v) is 20.6. The summed E-state index contributed by atoms with van der Waals surface area (Å²) < 4.78 is 31.4. The van der Waals surface area contributed by atoms with Crippen LogP contribution in [-0.2, 0) is 16.6 Å². The minimum atomic E-state index is -3.16. The average Bonchev–Trinajstić information content (AvgIpc) is 3.35. The number of benzene rings is 1. The Hall–Kier alpha value is -1.07. The van der Waals surface area contributed by atoms with Crippen molar-refractivity contribution in [1.29, 1.82) is 0 Å². The lowest BCUT2D eigenvalue weighted by Crippen LogP contribution is -2.46. The van der Waals surface area contributed by atoms with Crippen LogP contribution in [0.1, 0.15) is 36.8 Å². The van der Waals surface area contributed by atoms with E-state index in [0.29, 0.717) is 31.5 Å². The van der Waals surface area contributed by atoms with Gasteiger partial charge in [0.25, 0.3) is 0 Å². The van der Waals surface area contributed by atoms with Gasteiger partial charge < -0.3 is 15.4 Å². The fourth-order valence-corrected chi connectivity index (χ4v) is 4.68. The third-order valence-electron chi connectivity index (χ3n) is 5.32. The molecule has 164 valence electrons. The van der Waals surface area contributed by atoms with Gasteiger partial charge in [-0.3, -0.25) is 4.99 Å². The van der Waals surface area contributed by atoms with E-state index in [-0.39, 0.29) is 30.0 Å². The van der Waals surface area contributed by atoms with Gasteiger partial charge in [0.2, 0.25) is 10.0 Å². The lowest BCUT2D eigenvalue weighted by molar-refractivity contribution is 0.296. The van der Waals surface area contributed by atoms with Crippen LogP contribution in [0.2, 0.25) is 0 Å². The van der Waals surface area contributed by atoms with Gasteiger partial charge in [-0.15, -0.1) is 24.0 Å². The predicted molar refractivity (Wildman–Crippen MR) is 128 cm³/mol. The minimum absolute atomic E-state index is 0. The second kappa shape index (κ2) is 10.8. The number of ether oxygens (including phenoxy) is 1. The normalized spacial score (nSPS) is 20.2. The molecule has 1 saturated carbocycles. The molecular formula is C20H33IN4O3S. The molecule has 2 fully saturated rings. The van der Waals surface area contributed by atoms with E-state index in [9.17, 15) is 8.42 Å². The molecule has 1 aromatic rings. The zero-order valence-electron chi connectivity index (χ0n) is 17.5. The first kappa shape index (κ1) is 24.2. The first-order valence-electron chi connectivity index (χ1n) is 10.0. The first-order valence-corrected chi connectivity index (χ1v) is 11.9. The van der Waals surface area contributed by atoms with Crippen LogP contribution in [0.15, 0.2) is 23.2 Å². The molecule has 1 heterocycles. The predicted octanol–water partition coefficient (Wildman–Crippen LogP) is 2.49. The molecule has 3 rings (SSSR count). The molecule has 1 atom stereocenters. The lowest BCUT2D eigenvalue weighted by Gasteiger charge is -2.23. The molecule has 0 unspecified atom stereocenters. The Morgan fingerprint density at radius 3 is 2.69 bits per heavy atom. The van der Waals surface area contributed by atoms with E-state index < -0.39 is 10.0 Å². The first-order chi connectivity index (χ1) is 13.4. The average molecular weight is 536 g/mol. The maximum atomic E-state index is 11.9. The van der Waals surface area contributed by atoms with Gasteiger partial charge in [0, 0.05) is 38.3 Å². The van der Waals surface area contributed by atoms with Crippen molar-refractivity contribution in [2.75, 3.05) is 33.0 Å². The lowest BCUT2D eigenvalue weighted by atomic mass is 10.1. The van der Waals surface area contributed by atoms with Crippen LogP contribution in [0, 0.1) is 12.8 Å². The van der Waals surface area contributed by atoms with Gasteiger partial charge in [-0.1, -0.05) is 12.1 Å². The largest absolute Gasteiger partial charge is 0.493 e. The topological polar surface area (TPSA) is 83.0 Å². The second-order valence-electron chi connectivity index (χ2n) is 7.84. The Morgan fingerprint density at radius 1 is 1.28 bits per heavy atom. The van der Waals surface area contributed by atoms with Gasteiger partial charge in [-0.05, 0) is 50.2 Å². The number of halogens is 1. The standard InChI is InChI=1S/C20H32N4O3S.HI/c1-15-6-9-17(19(11-15)27-14-16-7-8-16)12-22-20(21-2)23-13-18-5-4-10-24(18)28(3,25)26;/h6,9,11,16,18H,4-5,7-8,10,12-14H2,1-3H3,(H2,21,22,23);1H/t18-;/m1./s1. The molecule has 0 bridgehead atoms. The molecule has 1 aromatic carbocycles. The molecule has 29 heavy (non-hydrogen) atoms. The van der Waals surface area contributed by atoms with Crippen LogP contribution in [0.3, 0.4) is 0 Å². The Labute approximate surface area is 191 Å². The number of aliphatic imine (C=N–C) groups is 1. The maximum absolute atomic E-state index is 11.9. The summed E-state index contributed by atoms with van der Waals surface area (Å²) in [5.41, 5.74) is 2.27. The summed E-state index contributed by atoms with van der Waals surface area (Å²) >= 11 is 0. The van der Waals surface area contributed by atoms with Crippen molar-refractivity contribution in [2.45, 2.75) is 45.2 Å². The number of nitrogens with zero attached hydrogens (tertiary/aromatic N) is 2. The van der Waals surface area contributed by atoms with Crippen molar-refractivity contribution in [3.63, 3.8) is 0 Å². The molecule has 2 aliphatic rings. The van der Waals surface area contributed by atoms with Crippen molar-refractivity contribution >= 4 is 40.0 Å². The van der Waals surface area contributed by atoms with Gasteiger partial charge in [-0.2, -0.15) is 4.31 Å². The number of guanidine groups is 1. The monoisotopic (exact) mass is 536 g/mol. The van der Waals surface area contributed by atoms with Gasteiger partial charge in [0.05, 0.1) is 12.9 Å². The summed E-state index contributed by atoms with van der Waals surface area (Å²) in [7, 11) is -1.44. The highest BCUT2D eigenvalue weighted by molar-refractivity contribution is 14.0. The third-order valence-corrected chi connectivity index (χ3v) is 6.65. The fourth-order valence-electron chi connectivity index (χ4n) is 3.50. The summed E-state index contributed by atoms with van der Waals surface area (Å²) in [4.78, 5) is 4.27. The molecule has 0 aromatic heterocycles. The van der Waals surface area contributed by atoms with Crippen LogP contribution in [-0.4, -0.2) is 57.7 Å². The maximum Gasteiger partial charge on any atom is 0.211 e. The van der Waals surface area contributed by atoms with E-state index >= 15 is 0 Å². The Bertz CT molecular complexity index is 812. The van der Waals surface area contributed by atoms with Crippen LogP contribution in [0.25, 0.3) is 0 Å². The van der Waals surface area contributed by atoms with Crippen molar-refractivity contribution in [3.05, 3.63) is 29.3 Å². The van der Waals surface area contributed by atoms with Crippen molar-refractivity contribution in [2.24, 2.45) is 10.9 Å². The summed E-state index contributed by atoms with van der Waals surface area (Å²) in [6, 6.07) is 6.23. The van der Waals surface area contributed by atoms with Crippen molar-refractivity contribution < 1.29 is 13.2 Å². The summed E-state index contributed by atoms with van der Waals surface area (Å²) in [6.45, 7) is 4.59. The van der Waals surface area contributed by atoms with Crippen LogP contribution in [0.4, 0.5) is 0 Å². The van der Waals surface area contributed by atoms with E-state index in [4.69, 9.17) is 4.74 Å². The van der Waals surface area contributed by atoms with Gasteiger partial charge in [-0.25, -0.2) is 8.42 Å². The third kappa shape index (κ3) is 7.29. The van der Waals surface area contributed by atoms with E-state index in [0.717, 1.165) is 30.8 Å². The molecule has 9 heteroatoms. The van der Waals surface area contributed by atoms with E-state index in [2.05, 4.69) is 40.7 Å². The van der Waals surface area contributed by atoms with Crippen molar-refractivity contribution in [3.8, 4) is 5.75 Å². The molecule has 2 N–H and O–H groups in total. The van der Waals surface area contributed by atoms with Crippen LogP contribution >= 0.6 is 24.0 Å². The molecular weight excluding hydrogens is 503 g/mol. The number of sulfonamides is 1.